The third-order valence-corrected chi connectivity index (χ3v) is 3.98. The number of hydrogen-bond donors (Lipinski definition) is 5. The molecule has 11 heteroatoms. The van der Waals surface area contributed by atoms with Gasteiger partial charge in [0, 0.05) is 37.7 Å². The maximum Gasteiger partial charge on any atom is 0.407 e. The van der Waals surface area contributed by atoms with Gasteiger partial charge in [-0.05, 0) is 45.4 Å². The van der Waals surface area contributed by atoms with Crippen LogP contribution in [0.25, 0.3) is 5.70 Å². The summed E-state index contributed by atoms with van der Waals surface area (Å²) in [5, 5.41) is 15.4. The Morgan fingerprint density at radius 3 is 2.73 bits per heavy atom. The summed E-state index contributed by atoms with van der Waals surface area (Å²) in [4.78, 5) is 20.4. The zero-order chi connectivity index (χ0) is 24.3. The minimum absolute atomic E-state index is 0.279. The van der Waals surface area contributed by atoms with Crippen molar-refractivity contribution in [1.82, 2.24) is 20.6 Å². The number of nitrogens with zero attached hydrogens (tertiary/aromatic N) is 3. The predicted molar refractivity (Wildman–Crippen MR) is 126 cm³/mol. The van der Waals surface area contributed by atoms with Crippen LogP contribution in [0.3, 0.4) is 0 Å². The smallest absolute Gasteiger partial charge is 0.407 e. The number of amides is 1. The van der Waals surface area contributed by atoms with Gasteiger partial charge >= 0.3 is 6.09 Å². The molecule has 0 aliphatic carbocycles. The molecule has 0 atom stereocenters. The quantitative estimate of drug-likeness (QED) is 0.245. The molecule has 5 N–H and O–H groups in total. The lowest BCUT2D eigenvalue weighted by Crippen LogP contribution is -2.35. The molecule has 1 heterocycles. The Hall–Kier alpha value is -3.76. The Morgan fingerprint density at radius 2 is 2.06 bits per heavy atom. The Bertz CT molecular complexity index is 975. The van der Waals surface area contributed by atoms with Gasteiger partial charge in [0.25, 0.3) is 0 Å². The maximum absolute atomic E-state index is 13.5. The number of anilines is 3. The molecule has 0 aliphatic rings. The summed E-state index contributed by atoms with van der Waals surface area (Å²) < 4.78 is 18.6. The third kappa shape index (κ3) is 9.09. The number of hydrogen-bond acceptors (Lipinski definition) is 9. The molecule has 1 aromatic carbocycles. The molecule has 0 spiro atoms. The first-order valence-corrected chi connectivity index (χ1v) is 10.6. The molecule has 178 valence electrons. The normalized spacial score (nSPS) is 11.5. The van der Waals surface area contributed by atoms with Crippen LogP contribution in [0.1, 0.15) is 39.7 Å². The van der Waals surface area contributed by atoms with Crippen LogP contribution in [0, 0.1) is 11.3 Å². The minimum atomic E-state index is -0.563. The van der Waals surface area contributed by atoms with Gasteiger partial charge in [0.2, 0.25) is 5.95 Å². The first-order chi connectivity index (χ1) is 15.7. The van der Waals surface area contributed by atoms with Gasteiger partial charge in [-0.15, -0.1) is 0 Å². The molecule has 1 amide bonds. The van der Waals surface area contributed by atoms with Gasteiger partial charge in [-0.2, -0.15) is 10.1 Å². The number of halogens is 1. The van der Waals surface area contributed by atoms with E-state index in [1.807, 2.05) is 6.92 Å². The van der Waals surface area contributed by atoms with E-state index < -0.39 is 11.7 Å². The van der Waals surface area contributed by atoms with Gasteiger partial charge < -0.3 is 26.0 Å². The number of nitrogens with one attached hydrogen (secondary N) is 5. The summed E-state index contributed by atoms with van der Waals surface area (Å²) in [7, 11) is 0. The van der Waals surface area contributed by atoms with Crippen LogP contribution in [-0.2, 0) is 4.74 Å². The molecule has 0 saturated heterocycles. The fourth-order valence-electron chi connectivity index (χ4n) is 2.59. The number of alkyl carbamates (subject to hydrolysis) is 1. The summed E-state index contributed by atoms with van der Waals surface area (Å²) in [6, 6.07) is 5.99. The van der Waals surface area contributed by atoms with Crippen molar-refractivity contribution >= 4 is 29.2 Å². The largest absolute Gasteiger partial charge is 0.444 e. The Kier molecular flexibility index (Phi) is 9.52. The van der Waals surface area contributed by atoms with E-state index >= 15 is 0 Å². The van der Waals surface area contributed by atoms with Gasteiger partial charge in [-0.1, -0.05) is 13.0 Å². The molecule has 0 saturated carbocycles. The van der Waals surface area contributed by atoms with E-state index in [1.54, 1.807) is 39.1 Å². The molecule has 1 aromatic heterocycles. The van der Waals surface area contributed by atoms with E-state index in [0.29, 0.717) is 42.4 Å². The predicted octanol–water partition coefficient (Wildman–Crippen LogP) is 4.62. The van der Waals surface area contributed by atoms with Gasteiger partial charge in [-0.3, -0.25) is 0 Å². The summed E-state index contributed by atoms with van der Waals surface area (Å²) in [5.41, 5.74) is 8.35. The van der Waals surface area contributed by atoms with Crippen LogP contribution in [0.15, 0.2) is 41.8 Å². The van der Waals surface area contributed by atoms with Gasteiger partial charge in [-0.25, -0.2) is 19.7 Å². The summed E-state index contributed by atoms with van der Waals surface area (Å²) >= 11 is 0. The first kappa shape index (κ1) is 25.5. The molecule has 0 aliphatic heterocycles. The number of rotatable bonds is 11. The molecule has 0 unspecified atom stereocenters. The molecule has 2 aromatic rings. The number of carbonyl (C=O) groups is 1. The topological polar surface area (TPSA) is 136 Å². The SMILES string of the molecule is CCCNc1nc(Nc2cccc(F)c2)ncc1/C(=C/NCCNC(=O)OC(C)(C)C)N=N. The maximum atomic E-state index is 13.5. The van der Waals surface area contributed by atoms with Crippen molar-refractivity contribution in [2.75, 3.05) is 30.3 Å². The van der Waals surface area contributed by atoms with Crippen molar-refractivity contribution in [3.8, 4) is 0 Å². The highest BCUT2D eigenvalue weighted by molar-refractivity contribution is 5.73. The van der Waals surface area contributed by atoms with E-state index in [4.69, 9.17) is 10.3 Å². The van der Waals surface area contributed by atoms with Gasteiger partial charge in [0.05, 0.1) is 5.56 Å². The molecule has 0 bridgehead atoms. The molecule has 0 radical (unpaired) electrons. The van der Waals surface area contributed by atoms with Crippen LogP contribution < -0.4 is 21.3 Å². The third-order valence-electron chi connectivity index (χ3n) is 3.98. The summed E-state index contributed by atoms with van der Waals surface area (Å²) in [6.07, 6.45) is 3.46. The van der Waals surface area contributed by atoms with Crippen LogP contribution in [0.5, 0.6) is 0 Å². The molecular weight excluding hydrogens is 427 g/mol. The fraction of sp³-hybridized carbons (Fsp3) is 0.409. The molecular formula is C22H31FN8O2. The van der Waals surface area contributed by atoms with Crippen molar-refractivity contribution in [2.45, 2.75) is 39.7 Å². The average Bonchev–Trinajstić information content (AvgIpc) is 2.74. The van der Waals surface area contributed by atoms with Crippen molar-refractivity contribution < 1.29 is 13.9 Å². The highest BCUT2D eigenvalue weighted by Crippen LogP contribution is 2.24. The Morgan fingerprint density at radius 1 is 1.27 bits per heavy atom. The second kappa shape index (κ2) is 12.3. The number of ether oxygens (including phenoxy) is 1. The van der Waals surface area contributed by atoms with E-state index in [2.05, 4.69) is 36.3 Å². The second-order valence-corrected chi connectivity index (χ2v) is 8.04. The van der Waals surface area contributed by atoms with E-state index in [0.717, 1.165) is 6.42 Å². The molecule has 0 fully saturated rings. The molecule has 33 heavy (non-hydrogen) atoms. The standard InChI is InChI=1S/C22H31FN8O2/c1-5-9-26-19-17(13-28-20(30-19)29-16-8-6-7-15(23)12-16)18(31-24)14-25-10-11-27-21(32)33-22(2,3)4/h6-8,12-14,24-25H,5,9-11H2,1-4H3,(H,27,32)(H2,26,28,29,30)/b18-14-,31-24?. The van der Waals surface area contributed by atoms with E-state index in [1.165, 1.54) is 18.3 Å². The van der Waals surface area contributed by atoms with Crippen molar-refractivity contribution in [3.05, 3.63) is 48.0 Å². The van der Waals surface area contributed by atoms with Crippen LogP contribution in [0.4, 0.5) is 26.6 Å². The summed E-state index contributed by atoms with van der Waals surface area (Å²) in [6.45, 7) is 8.77. The number of benzene rings is 1. The zero-order valence-electron chi connectivity index (χ0n) is 19.3. The van der Waals surface area contributed by atoms with Crippen LogP contribution in [-0.4, -0.2) is 41.3 Å². The second-order valence-electron chi connectivity index (χ2n) is 8.04. The lowest BCUT2D eigenvalue weighted by molar-refractivity contribution is 0.0529. The Balaban J connectivity index is 2.07. The average molecular weight is 459 g/mol. The zero-order valence-corrected chi connectivity index (χ0v) is 19.3. The van der Waals surface area contributed by atoms with Gasteiger partial charge in [0.15, 0.2) is 0 Å². The van der Waals surface area contributed by atoms with Crippen LogP contribution in [0.2, 0.25) is 0 Å². The number of aromatic nitrogens is 2. The van der Waals surface area contributed by atoms with E-state index in [-0.39, 0.29) is 11.8 Å². The minimum Gasteiger partial charge on any atom is -0.444 e. The number of carbonyl (C=O) groups excluding carboxylic acids is 1. The van der Waals surface area contributed by atoms with Crippen molar-refractivity contribution in [3.63, 3.8) is 0 Å². The fourth-order valence-corrected chi connectivity index (χ4v) is 2.59. The lowest BCUT2D eigenvalue weighted by atomic mass is 10.2. The monoisotopic (exact) mass is 458 g/mol. The summed E-state index contributed by atoms with van der Waals surface area (Å²) in [5.74, 6) is 0.398. The van der Waals surface area contributed by atoms with E-state index in [9.17, 15) is 9.18 Å². The van der Waals surface area contributed by atoms with Crippen molar-refractivity contribution in [1.29, 1.82) is 5.53 Å². The van der Waals surface area contributed by atoms with Crippen molar-refractivity contribution in [2.24, 2.45) is 5.11 Å². The first-order valence-electron chi connectivity index (χ1n) is 10.6. The molecule has 10 nitrogen and oxygen atoms in total. The highest BCUT2D eigenvalue weighted by Gasteiger charge is 2.15. The Labute approximate surface area is 192 Å². The lowest BCUT2D eigenvalue weighted by Gasteiger charge is -2.19. The highest BCUT2D eigenvalue weighted by atomic mass is 19.1. The van der Waals surface area contributed by atoms with Gasteiger partial charge in [0.1, 0.15) is 22.9 Å². The van der Waals surface area contributed by atoms with Crippen LogP contribution >= 0.6 is 0 Å². The molecule has 2 rings (SSSR count).